The Morgan fingerprint density at radius 3 is 2.03 bits per heavy atom. The van der Waals surface area contributed by atoms with Gasteiger partial charge in [0.05, 0.1) is 12.8 Å². The molecule has 2 N–H and O–H groups in total. The summed E-state index contributed by atoms with van der Waals surface area (Å²) in [7, 11) is 1.49. The van der Waals surface area contributed by atoms with Crippen molar-refractivity contribution in [3.8, 4) is 5.75 Å². The minimum atomic E-state index is -0.753. The van der Waals surface area contributed by atoms with E-state index in [-0.39, 0.29) is 6.54 Å². The summed E-state index contributed by atoms with van der Waals surface area (Å²) in [5.74, 6) is -1.30. The summed E-state index contributed by atoms with van der Waals surface area (Å²) in [4.78, 5) is 36.2. The van der Waals surface area contributed by atoms with Crippen molar-refractivity contribution in [2.75, 3.05) is 20.3 Å². The van der Waals surface area contributed by atoms with Gasteiger partial charge in [-0.3, -0.25) is 14.4 Å². The first-order chi connectivity index (χ1) is 16.1. The van der Waals surface area contributed by atoms with Crippen LogP contribution in [0.2, 0.25) is 0 Å². The monoisotopic (exact) mass is 445 g/mol. The van der Waals surface area contributed by atoms with Crippen LogP contribution < -0.4 is 15.5 Å². The maximum Gasteiger partial charge on any atom is 0.325 e. The fourth-order valence-corrected chi connectivity index (χ4v) is 2.85. The third-order valence-electron chi connectivity index (χ3n) is 4.48. The molecule has 33 heavy (non-hydrogen) atoms. The molecule has 0 aliphatic carbocycles. The molecule has 0 saturated carbocycles. The van der Waals surface area contributed by atoms with Gasteiger partial charge < -0.3 is 14.8 Å². The van der Waals surface area contributed by atoms with Crippen molar-refractivity contribution < 1.29 is 23.9 Å². The number of nitrogens with zero attached hydrogens (tertiary/aromatic N) is 1. The average Bonchev–Trinajstić information content (AvgIpc) is 2.87. The Morgan fingerprint density at radius 1 is 0.818 bits per heavy atom. The van der Waals surface area contributed by atoms with Gasteiger partial charge in [-0.25, -0.2) is 5.43 Å². The van der Waals surface area contributed by atoms with Gasteiger partial charge in [-0.15, -0.1) is 0 Å². The molecule has 0 aliphatic rings. The number of hydrogen-bond acceptors (Lipinski definition) is 6. The molecule has 0 aliphatic heterocycles. The van der Waals surface area contributed by atoms with Crippen molar-refractivity contribution in [1.29, 1.82) is 0 Å². The van der Waals surface area contributed by atoms with Gasteiger partial charge in [0, 0.05) is 16.7 Å². The van der Waals surface area contributed by atoms with Gasteiger partial charge in [0.1, 0.15) is 12.3 Å². The Morgan fingerprint density at radius 2 is 1.42 bits per heavy atom. The predicted molar refractivity (Wildman–Crippen MR) is 123 cm³/mol. The van der Waals surface area contributed by atoms with E-state index >= 15 is 0 Å². The number of amides is 2. The normalized spacial score (nSPS) is 9.97. The van der Waals surface area contributed by atoms with Gasteiger partial charge in [0.2, 0.25) is 0 Å². The van der Waals surface area contributed by atoms with Crippen LogP contribution in [0.5, 0.6) is 5.75 Å². The smallest absolute Gasteiger partial charge is 0.325 e. The molecule has 2 amide bonds. The molecule has 168 valence electrons. The van der Waals surface area contributed by atoms with Crippen molar-refractivity contribution in [1.82, 2.24) is 10.7 Å². The lowest BCUT2D eigenvalue weighted by Crippen LogP contribution is -2.33. The Balaban J connectivity index is 1.51. The molecule has 0 radical (unpaired) electrons. The molecule has 8 nitrogen and oxygen atoms in total. The molecular weight excluding hydrogens is 422 g/mol. The molecule has 8 heteroatoms. The summed E-state index contributed by atoms with van der Waals surface area (Å²) < 4.78 is 9.98. The molecule has 0 bridgehead atoms. The first kappa shape index (κ1) is 23.2. The first-order valence-corrected chi connectivity index (χ1v) is 10.1. The zero-order valence-corrected chi connectivity index (χ0v) is 18.0. The molecule has 3 aromatic rings. The second-order valence-electron chi connectivity index (χ2n) is 6.80. The maximum atomic E-state index is 12.1. The van der Waals surface area contributed by atoms with E-state index < -0.39 is 24.4 Å². The predicted octanol–water partition coefficient (Wildman–Crippen LogP) is 2.54. The molecule has 0 heterocycles. The van der Waals surface area contributed by atoms with E-state index in [1.165, 1.54) is 7.11 Å². The standard InChI is InChI=1S/C25H23N3O5/c1-32-21-14-8-13-20(15-21)25(31)26-16-23(30)33-17-22(29)27-28-24(18-9-4-2-5-10-18)19-11-6-3-7-12-19/h2-15H,16-17H2,1H3,(H,26,31)(H,27,29). The van der Waals surface area contributed by atoms with Crippen LogP contribution in [-0.2, 0) is 14.3 Å². The molecule has 0 aromatic heterocycles. The lowest BCUT2D eigenvalue weighted by Gasteiger charge is -2.09. The number of nitrogens with one attached hydrogen (secondary N) is 2. The first-order valence-electron chi connectivity index (χ1n) is 10.1. The lowest BCUT2D eigenvalue weighted by atomic mass is 10.0. The third kappa shape index (κ3) is 7.03. The Hall–Kier alpha value is -4.46. The summed E-state index contributed by atoms with van der Waals surface area (Å²) in [5.41, 5.74) is 4.96. The summed E-state index contributed by atoms with van der Waals surface area (Å²) >= 11 is 0. The van der Waals surface area contributed by atoms with Crippen LogP contribution in [0.4, 0.5) is 0 Å². The summed E-state index contributed by atoms with van der Waals surface area (Å²) in [6.07, 6.45) is 0. The van der Waals surface area contributed by atoms with Crippen molar-refractivity contribution in [3.05, 3.63) is 102 Å². The summed E-state index contributed by atoms with van der Waals surface area (Å²) in [5, 5.41) is 6.66. The largest absolute Gasteiger partial charge is 0.497 e. The van der Waals surface area contributed by atoms with Crippen LogP contribution in [0.1, 0.15) is 21.5 Å². The van der Waals surface area contributed by atoms with Crippen LogP contribution in [-0.4, -0.2) is 43.8 Å². The highest BCUT2D eigenvalue weighted by molar-refractivity contribution is 6.13. The van der Waals surface area contributed by atoms with E-state index in [4.69, 9.17) is 9.47 Å². The van der Waals surface area contributed by atoms with Crippen LogP contribution in [0.25, 0.3) is 0 Å². The fourth-order valence-electron chi connectivity index (χ4n) is 2.85. The van der Waals surface area contributed by atoms with Gasteiger partial charge in [-0.1, -0.05) is 66.7 Å². The Kier molecular flexibility index (Phi) is 8.30. The van der Waals surface area contributed by atoms with Crippen LogP contribution in [0.15, 0.2) is 90.0 Å². The number of esters is 1. The second kappa shape index (κ2) is 11.8. The SMILES string of the molecule is COc1cccc(C(=O)NCC(=O)OCC(=O)NN=C(c2ccccc2)c2ccccc2)c1. The minimum Gasteiger partial charge on any atom is -0.497 e. The molecule has 0 atom stereocenters. The van der Waals surface area contributed by atoms with Crippen LogP contribution in [0.3, 0.4) is 0 Å². The van der Waals surface area contributed by atoms with E-state index in [1.807, 2.05) is 60.7 Å². The molecule has 3 aromatic carbocycles. The highest BCUT2D eigenvalue weighted by Gasteiger charge is 2.12. The van der Waals surface area contributed by atoms with Crippen molar-refractivity contribution in [2.45, 2.75) is 0 Å². The van der Waals surface area contributed by atoms with Gasteiger partial charge >= 0.3 is 5.97 Å². The van der Waals surface area contributed by atoms with E-state index in [0.717, 1.165) is 11.1 Å². The maximum absolute atomic E-state index is 12.1. The van der Waals surface area contributed by atoms with Crippen LogP contribution in [0, 0.1) is 0 Å². The summed E-state index contributed by atoms with van der Waals surface area (Å²) in [6, 6.07) is 25.3. The molecular formula is C25H23N3O5. The highest BCUT2D eigenvalue weighted by atomic mass is 16.5. The van der Waals surface area contributed by atoms with E-state index in [2.05, 4.69) is 15.8 Å². The van der Waals surface area contributed by atoms with Gasteiger partial charge in [0.25, 0.3) is 11.8 Å². The molecule has 3 rings (SSSR count). The van der Waals surface area contributed by atoms with E-state index in [0.29, 0.717) is 17.0 Å². The molecule has 0 spiro atoms. The number of rotatable bonds is 9. The lowest BCUT2D eigenvalue weighted by molar-refractivity contribution is -0.147. The van der Waals surface area contributed by atoms with E-state index in [1.54, 1.807) is 24.3 Å². The zero-order chi connectivity index (χ0) is 23.5. The number of ether oxygens (including phenoxy) is 2. The van der Waals surface area contributed by atoms with E-state index in [9.17, 15) is 14.4 Å². The van der Waals surface area contributed by atoms with Gasteiger partial charge in [-0.05, 0) is 18.2 Å². The fraction of sp³-hybridized carbons (Fsp3) is 0.120. The Bertz CT molecular complexity index is 1090. The highest BCUT2D eigenvalue weighted by Crippen LogP contribution is 2.12. The number of methoxy groups -OCH3 is 1. The molecule has 0 unspecified atom stereocenters. The van der Waals surface area contributed by atoms with Crippen molar-refractivity contribution in [3.63, 3.8) is 0 Å². The number of hydrogen-bond donors (Lipinski definition) is 2. The topological polar surface area (TPSA) is 106 Å². The average molecular weight is 445 g/mol. The van der Waals surface area contributed by atoms with Crippen molar-refractivity contribution >= 4 is 23.5 Å². The second-order valence-corrected chi connectivity index (χ2v) is 6.80. The van der Waals surface area contributed by atoms with Crippen LogP contribution >= 0.6 is 0 Å². The molecule has 0 fully saturated rings. The van der Waals surface area contributed by atoms with Crippen molar-refractivity contribution in [2.24, 2.45) is 5.10 Å². The number of hydrazone groups is 1. The quantitative estimate of drug-likeness (QED) is 0.299. The zero-order valence-electron chi connectivity index (χ0n) is 18.0. The number of carbonyl (C=O) groups is 3. The van der Waals surface area contributed by atoms with Gasteiger partial charge in [-0.2, -0.15) is 5.10 Å². The number of carbonyl (C=O) groups excluding carboxylic acids is 3. The Labute approximate surface area is 191 Å². The molecule has 0 saturated heterocycles. The third-order valence-corrected chi connectivity index (χ3v) is 4.48. The summed E-state index contributed by atoms with van der Waals surface area (Å²) in [6.45, 7) is -0.917. The van der Waals surface area contributed by atoms with Gasteiger partial charge in [0.15, 0.2) is 6.61 Å². The minimum absolute atomic E-state index is 0.337. The number of benzene rings is 3.